The van der Waals surface area contributed by atoms with Gasteiger partial charge in [-0.2, -0.15) is 5.10 Å². The second kappa shape index (κ2) is 9.45. The van der Waals surface area contributed by atoms with E-state index in [0.29, 0.717) is 12.1 Å². The van der Waals surface area contributed by atoms with Crippen LogP contribution < -0.4 is 10.3 Å². The lowest BCUT2D eigenvalue weighted by Crippen LogP contribution is -2.38. The maximum Gasteiger partial charge on any atom is 0.270 e. The fraction of sp³-hybridized carbons (Fsp3) is 0.579. The van der Waals surface area contributed by atoms with Gasteiger partial charge in [-0.1, -0.05) is 6.42 Å². The van der Waals surface area contributed by atoms with E-state index in [0.717, 1.165) is 57.5 Å². The minimum atomic E-state index is -0.410. The quantitative estimate of drug-likeness (QED) is 0.470. The molecule has 146 valence electrons. The van der Waals surface area contributed by atoms with Crippen molar-refractivity contribution in [3.8, 4) is 0 Å². The molecule has 1 amide bonds. The molecule has 2 saturated heterocycles. The van der Waals surface area contributed by atoms with Gasteiger partial charge in [-0.25, -0.2) is 5.43 Å². The predicted octanol–water partition coefficient (Wildman–Crippen LogP) is 2.52. The van der Waals surface area contributed by atoms with E-state index in [1.54, 1.807) is 6.07 Å². The van der Waals surface area contributed by atoms with Crippen LogP contribution in [0.3, 0.4) is 0 Å². The number of nitro groups is 1. The van der Waals surface area contributed by atoms with Crippen LogP contribution in [0.5, 0.6) is 0 Å². The number of nitro benzene ring substituents is 1. The SMILES string of the molecule is O=C(CN1CCCCC1)N/N=C\c1cc([N+](=O)[O-])ccc1N1CCCCC1. The number of amides is 1. The highest BCUT2D eigenvalue weighted by atomic mass is 16.6. The molecule has 8 nitrogen and oxygen atoms in total. The Morgan fingerprint density at radius 2 is 1.78 bits per heavy atom. The van der Waals surface area contributed by atoms with Crippen molar-refractivity contribution in [2.75, 3.05) is 37.6 Å². The van der Waals surface area contributed by atoms with Crippen LogP contribution in [0.2, 0.25) is 0 Å². The molecule has 0 aromatic heterocycles. The summed E-state index contributed by atoms with van der Waals surface area (Å²) in [6.07, 6.45) is 8.43. The number of hydrogen-bond acceptors (Lipinski definition) is 6. The summed E-state index contributed by atoms with van der Waals surface area (Å²) >= 11 is 0. The molecule has 2 heterocycles. The van der Waals surface area contributed by atoms with Crippen molar-refractivity contribution >= 4 is 23.5 Å². The number of hydrazone groups is 1. The summed E-state index contributed by atoms with van der Waals surface area (Å²) in [6.45, 7) is 4.09. The Morgan fingerprint density at radius 1 is 1.11 bits per heavy atom. The molecule has 0 aliphatic carbocycles. The third-order valence-corrected chi connectivity index (χ3v) is 5.13. The summed E-state index contributed by atoms with van der Waals surface area (Å²) in [4.78, 5) is 27.1. The summed E-state index contributed by atoms with van der Waals surface area (Å²) in [5, 5.41) is 15.2. The van der Waals surface area contributed by atoms with Gasteiger partial charge >= 0.3 is 0 Å². The Hall–Kier alpha value is -2.48. The van der Waals surface area contributed by atoms with Crippen molar-refractivity contribution < 1.29 is 9.72 Å². The van der Waals surface area contributed by atoms with Gasteiger partial charge in [0.05, 0.1) is 17.7 Å². The van der Waals surface area contributed by atoms with Gasteiger partial charge in [0.25, 0.3) is 11.6 Å². The average Bonchev–Trinajstić information content (AvgIpc) is 2.69. The first-order valence-electron chi connectivity index (χ1n) is 9.71. The van der Waals surface area contributed by atoms with Gasteiger partial charge < -0.3 is 4.90 Å². The van der Waals surface area contributed by atoms with Crippen LogP contribution in [-0.4, -0.2) is 54.7 Å². The number of nitrogens with one attached hydrogen (secondary N) is 1. The third kappa shape index (κ3) is 5.50. The van der Waals surface area contributed by atoms with Crippen molar-refractivity contribution in [3.05, 3.63) is 33.9 Å². The van der Waals surface area contributed by atoms with Crippen LogP contribution in [-0.2, 0) is 4.79 Å². The van der Waals surface area contributed by atoms with Gasteiger partial charge in [0.15, 0.2) is 0 Å². The first-order chi connectivity index (χ1) is 13.1. The predicted molar refractivity (Wildman–Crippen MR) is 105 cm³/mol. The van der Waals surface area contributed by atoms with Gasteiger partial charge in [-0.05, 0) is 51.3 Å². The van der Waals surface area contributed by atoms with Crippen molar-refractivity contribution in [2.45, 2.75) is 38.5 Å². The van der Waals surface area contributed by atoms with Crippen molar-refractivity contribution in [1.82, 2.24) is 10.3 Å². The number of anilines is 1. The maximum absolute atomic E-state index is 12.1. The normalized spacial score (nSPS) is 18.6. The lowest BCUT2D eigenvalue weighted by atomic mass is 10.1. The zero-order valence-electron chi connectivity index (χ0n) is 15.6. The number of rotatable bonds is 6. The minimum absolute atomic E-state index is 0.0249. The molecular weight excluding hydrogens is 346 g/mol. The molecule has 0 saturated carbocycles. The highest BCUT2D eigenvalue weighted by Gasteiger charge is 2.17. The van der Waals surface area contributed by atoms with Gasteiger partial charge in [-0.3, -0.25) is 19.8 Å². The molecule has 27 heavy (non-hydrogen) atoms. The summed E-state index contributed by atoms with van der Waals surface area (Å²) in [6, 6.07) is 4.82. The average molecular weight is 373 g/mol. The fourth-order valence-electron chi connectivity index (χ4n) is 3.71. The first-order valence-corrected chi connectivity index (χ1v) is 9.71. The number of carbonyl (C=O) groups is 1. The summed E-state index contributed by atoms with van der Waals surface area (Å²) in [5.74, 6) is -0.155. The highest BCUT2D eigenvalue weighted by Crippen LogP contribution is 2.26. The van der Waals surface area contributed by atoms with E-state index in [1.165, 1.54) is 31.2 Å². The Bertz CT molecular complexity index is 695. The fourth-order valence-corrected chi connectivity index (χ4v) is 3.71. The number of carbonyl (C=O) groups excluding carboxylic acids is 1. The van der Waals surface area contributed by atoms with Crippen molar-refractivity contribution in [3.63, 3.8) is 0 Å². The summed E-state index contributed by atoms with van der Waals surface area (Å²) in [7, 11) is 0. The monoisotopic (exact) mass is 373 g/mol. The van der Waals surface area contributed by atoms with E-state index in [2.05, 4.69) is 20.3 Å². The molecule has 1 aromatic rings. The molecule has 2 aliphatic rings. The third-order valence-electron chi connectivity index (χ3n) is 5.13. The second-order valence-electron chi connectivity index (χ2n) is 7.18. The largest absolute Gasteiger partial charge is 0.371 e. The van der Waals surface area contributed by atoms with Crippen LogP contribution in [0.4, 0.5) is 11.4 Å². The Kier molecular flexibility index (Phi) is 6.75. The lowest BCUT2D eigenvalue weighted by Gasteiger charge is -2.29. The molecule has 8 heteroatoms. The topological polar surface area (TPSA) is 91.1 Å². The van der Waals surface area contributed by atoms with Gasteiger partial charge in [0.1, 0.15) is 0 Å². The molecule has 0 unspecified atom stereocenters. The number of hydrogen-bond donors (Lipinski definition) is 1. The van der Waals surface area contributed by atoms with Crippen LogP contribution in [0.1, 0.15) is 44.1 Å². The molecular formula is C19H27N5O3. The van der Waals surface area contributed by atoms with Crippen LogP contribution >= 0.6 is 0 Å². The molecule has 3 rings (SSSR count). The van der Waals surface area contributed by atoms with Gasteiger partial charge in [-0.15, -0.1) is 0 Å². The van der Waals surface area contributed by atoms with Crippen molar-refractivity contribution in [2.24, 2.45) is 5.10 Å². The highest BCUT2D eigenvalue weighted by molar-refractivity contribution is 5.90. The van der Waals surface area contributed by atoms with Crippen LogP contribution in [0.25, 0.3) is 0 Å². The van der Waals surface area contributed by atoms with E-state index in [9.17, 15) is 14.9 Å². The second-order valence-corrected chi connectivity index (χ2v) is 7.18. The maximum atomic E-state index is 12.1. The molecule has 2 fully saturated rings. The zero-order valence-corrected chi connectivity index (χ0v) is 15.6. The van der Waals surface area contributed by atoms with E-state index < -0.39 is 4.92 Å². The van der Waals surface area contributed by atoms with Crippen molar-refractivity contribution in [1.29, 1.82) is 0 Å². The molecule has 1 N–H and O–H groups in total. The molecule has 2 aliphatic heterocycles. The van der Waals surface area contributed by atoms with Gasteiger partial charge in [0.2, 0.25) is 0 Å². The van der Waals surface area contributed by atoms with E-state index >= 15 is 0 Å². The Morgan fingerprint density at radius 3 is 2.44 bits per heavy atom. The van der Waals surface area contributed by atoms with E-state index in [4.69, 9.17) is 0 Å². The minimum Gasteiger partial charge on any atom is -0.371 e. The molecule has 0 spiro atoms. The van der Waals surface area contributed by atoms with Gasteiger partial charge in [0, 0.05) is 36.5 Å². The van der Waals surface area contributed by atoms with E-state index in [-0.39, 0.29) is 11.6 Å². The smallest absolute Gasteiger partial charge is 0.270 e. The molecule has 0 bridgehead atoms. The number of likely N-dealkylation sites (tertiary alicyclic amines) is 1. The van der Waals surface area contributed by atoms with E-state index in [1.807, 2.05) is 0 Å². The lowest BCUT2D eigenvalue weighted by molar-refractivity contribution is -0.384. The first kappa shape index (κ1) is 19.3. The number of nitrogens with zero attached hydrogens (tertiary/aromatic N) is 4. The standard InChI is InChI=1S/C19H27N5O3/c25-19(15-22-9-3-1-4-10-22)21-20-14-16-13-17(24(26)27)7-8-18(16)23-11-5-2-6-12-23/h7-8,13-14H,1-6,9-12,15H2,(H,21,25)/b20-14-. The number of non-ortho nitro benzene ring substituents is 1. The molecule has 1 aromatic carbocycles. The number of benzene rings is 1. The summed E-state index contributed by atoms with van der Waals surface area (Å²) in [5.41, 5.74) is 4.16. The van der Waals surface area contributed by atoms with Crippen LogP contribution in [0.15, 0.2) is 23.3 Å². The Labute approximate surface area is 159 Å². The Balaban J connectivity index is 1.67. The van der Waals surface area contributed by atoms with Crippen LogP contribution in [0, 0.1) is 10.1 Å². The molecule has 0 radical (unpaired) electrons. The zero-order chi connectivity index (χ0) is 19.1. The molecule has 0 atom stereocenters. The number of piperidine rings is 2. The summed E-state index contributed by atoms with van der Waals surface area (Å²) < 4.78 is 0.